The van der Waals surface area contributed by atoms with Crippen LogP contribution in [0, 0.1) is 20.8 Å². The second-order valence-electron chi connectivity index (χ2n) is 5.09. The van der Waals surface area contributed by atoms with E-state index >= 15 is 0 Å². The molecule has 0 saturated heterocycles. The summed E-state index contributed by atoms with van der Waals surface area (Å²) in [4.78, 5) is 0. The molecule has 0 saturated carbocycles. The van der Waals surface area contributed by atoms with Crippen LogP contribution in [0.25, 0.3) is 0 Å². The van der Waals surface area contributed by atoms with Gasteiger partial charge in [0.05, 0.1) is 12.2 Å². The van der Waals surface area contributed by atoms with Crippen molar-refractivity contribution in [3.8, 4) is 0 Å². The molecule has 0 amide bonds. The number of hydrogen-bond acceptors (Lipinski definition) is 2. The first-order chi connectivity index (χ1) is 8.47. The van der Waals surface area contributed by atoms with E-state index in [0.717, 1.165) is 0 Å². The molecule has 0 radical (unpaired) electrons. The molecule has 0 bridgehead atoms. The summed E-state index contributed by atoms with van der Waals surface area (Å²) < 4.78 is 1.84. The molecule has 0 aliphatic rings. The van der Waals surface area contributed by atoms with Crippen molar-refractivity contribution in [1.29, 1.82) is 0 Å². The van der Waals surface area contributed by atoms with Gasteiger partial charge in [-0.2, -0.15) is 5.10 Å². The van der Waals surface area contributed by atoms with Crippen LogP contribution in [0.2, 0.25) is 0 Å². The van der Waals surface area contributed by atoms with Gasteiger partial charge in [0.1, 0.15) is 0 Å². The lowest BCUT2D eigenvalue weighted by molar-refractivity contribution is 0.765. The molecule has 1 aromatic carbocycles. The van der Waals surface area contributed by atoms with Gasteiger partial charge >= 0.3 is 0 Å². The smallest absolute Gasteiger partial charge is 0.0542 e. The van der Waals surface area contributed by atoms with Gasteiger partial charge in [-0.15, -0.1) is 0 Å². The summed E-state index contributed by atoms with van der Waals surface area (Å²) in [6, 6.07) is 4.69. The first kappa shape index (κ1) is 12.7. The molecule has 1 unspecified atom stereocenters. The molecule has 2 rings (SSSR count). The number of hydrogen-bond donors (Lipinski definition) is 1. The van der Waals surface area contributed by atoms with Gasteiger partial charge in [-0.1, -0.05) is 17.7 Å². The lowest BCUT2D eigenvalue weighted by Crippen LogP contribution is -2.08. The van der Waals surface area contributed by atoms with E-state index in [0.29, 0.717) is 0 Å². The predicted octanol–water partition coefficient (Wildman–Crippen LogP) is 3.52. The zero-order valence-corrected chi connectivity index (χ0v) is 11.8. The third-order valence-corrected chi connectivity index (χ3v) is 3.26. The van der Waals surface area contributed by atoms with Crippen LogP contribution >= 0.6 is 0 Å². The molecular formula is C15H21N3. The van der Waals surface area contributed by atoms with E-state index in [4.69, 9.17) is 0 Å². The van der Waals surface area contributed by atoms with E-state index < -0.39 is 0 Å². The Morgan fingerprint density at radius 3 is 2.28 bits per heavy atom. The molecule has 96 valence electrons. The Kier molecular flexibility index (Phi) is 3.41. The number of aromatic nitrogens is 2. The monoisotopic (exact) mass is 243 g/mol. The molecule has 1 heterocycles. The molecule has 2 aromatic rings. The van der Waals surface area contributed by atoms with Crippen LogP contribution in [-0.4, -0.2) is 9.78 Å². The number of nitrogens with zero attached hydrogens (tertiary/aromatic N) is 2. The summed E-state index contributed by atoms with van der Waals surface area (Å²) in [5, 5.41) is 7.80. The highest BCUT2D eigenvalue weighted by atomic mass is 15.2. The van der Waals surface area contributed by atoms with Gasteiger partial charge in [0.25, 0.3) is 0 Å². The van der Waals surface area contributed by atoms with Crippen LogP contribution in [0.15, 0.2) is 24.5 Å². The minimum Gasteiger partial charge on any atom is -0.378 e. The second-order valence-corrected chi connectivity index (χ2v) is 5.09. The SMILES string of the molecule is Cc1cc(C)c(NC(C)c2cnn(C)c2)c(C)c1. The third-order valence-electron chi connectivity index (χ3n) is 3.26. The number of benzene rings is 1. The summed E-state index contributed by atoms with van der Waals surface area (Å²) in [6.45, 7) is 8.60. The average molecular weight is 243 g/mol. The summed E-state index contributed by atoms with van der Waals surface area (Å²) in [6.07, 6.45) is 3.97. The van der Waals surface area contributed by atoms with Crippen molar-refractivity contribution in [1.82, 2.24) is 9.78 Å². The van der Waals surface area contributed by atoms with Crippen LogP contribution in [0.4, 0.5) is 5.69 Å². The standard InChI is InChI=1S/C15H21N3/c1-10-6-11(2)15(12(3)7-10)17-13(4)14-8-16-18(5)9-14/h6-9,13,17H,1-5H3. The Bertz CT molecular complexity index is 532. The average Bonchev–Trinajstić information content (AvgIpc) is 2.70. The van der Waals surface area contributed by atoms with Gasteiger partial charge in [0.2, 0.25) is 0 Å². The van der Waals surface area contributed by atoms with Crippen molar-refractivity contribution in [2.24, 2.45) is 7.05 Å². The van der Waals surface area contributed by atoms with E-state index in [2.05, 4.69) is 56.4 Å². The Morgan fingerprint density at radius 2 is 1.78 bits per heavy atom. The van der Waals surface area contributed by atoms with E-state index in [9.17, 15) is 0 Å². The summed E-state index contributed by atoms with van der Waals surface area (Å²) in [5.74, 6) is 0. The molecule has 1 N–H and O–H groups in total. The fourth-order valence-corrected chi connectivity index (χ4v) is 2.37. The van der Waals surface area contributed by atoms with Crippen LogP contribution in [0.5, 0.6) is 0 Å². The molecule has 1 aromatic heterocycles. The molecule has 0 spiro atoms. The van der Waals surface area contributed by atoms with Gasteiger partial charge < -0.3 is 5.32 Å². The van der Waals surface area contributed by atoms with Gasteiger partial charge in [0.15, 0.2) is 0 Å². The van der Waals surface area contributed by atoms with Crippen molar-refractivity contribution >= 4 is 5.69 Å². The molecular weight excluding hydrogens is 222 g/mol. The highest BCUT2D eigenvalue weighted by Gasteiger charge is 2.10. The molecule has 3 heteroatoms. The Morgan fingerprint density at radius 1 is 1.17 bits per heavy atom. The lowest BCUT2D eigenvalue weighted by Gasteiger charge is -2.18. The Labute approximate surface area is 109 Å². The maximum atomic E-state index is 4.21. The quantitative estimate of drug-likeness (QED) is 0.894. The van der Waals surface area contributed by atoms with E-state index in [1.807, 2.05) is 17.9 Å². The fraction of sp³-hybridized carbons (Fsp3) is 0.400. The molecule has 1 atom stereocenters. The van der Waals surface area contributed by atoms with E-state index in [1.165, 1.54) is 27.9 Å². The van der Waals surface area contributed by atoms with E-state index in [-0.39, 0.29) is 6.04 Å². The van der Waals surface area contributed by atoms with Crippen LogP contribution in [0.3, 0.4) is 0 Å². The molecule has 3 nitrogen and oxygen atoms in total. The van der Waals surface area contributed by atoms with Crippen molar-refractivity contribution < 1.29 is 0 Å². The second kappa shape index (κ2) is 4.84. The van der Waals surface area contributed by atoms with Crippen LogP contribution < -0.4 is 5.32 Å². The Balaban J connectivity index is 2.24. The number of aryl methyl sites for hydroxylation is 4. The molecule has 18 heavy (non-hydrogen) atoms. The molecule has 0 aliphatic carbocycles. The maximum absolute atomic E-state index is 4.21. The number of nitrogens with one attached hydrogen (secondary N) is 1. The summed E-state index contributed by atoms with van der Waals surface area (Å²) >= 11 is 0. The highest BCUT2D eigenvalue weighted by molar-refractivity contribution is 5.59. The third kappa shape index (κ3) is 2.55. The zero-order chi connectivity index (χ0) is 13.3. The normalized spacial score (nSPS) is 12.5. The van der Waals surface area contributed by atoms with Gasteiger partial charge in [-0.25, -0.2) is 0 Å². The van der Waals surface area contributed by atoms with Gasteiger partial charge in [-0.05, 0) is 38.8 Å². The van der Waals surface area contributed by atoms with Gasteiger partial charge in [-0.3, -0.25) is 4.68 Å². The predicted molar refractivity (Wildman–Crippen MR) is 75.9 cm³/mol. The fourth-order valence-electron chi connectivity index (χ4n) is 2.37. The van der Waals surface area contributed by atoms with E-state index in [1.54, 1.807) is 0 Å². The highest BCUT2D eigenvalue weighted by Crippen LogP contribution is 2.26. The topological polar surface area (TPSA) is 29.9 Å². The molecule has 0 fully saturated rings. The van der Waals surface area contributed by atoms with Crippen molar-refractivity contribution in [2.45, 2.75) is 33.7 Å². The van der Waals surface area contributed by atoms with Crippen molar-refractivity contribution in [3.05, 3.63) is 46.8 Å². The minimum atomic E-state index is 0.263. The number of rotatable bonds is 3. The molecule has 0 aliphatic heterocycles. The lowest BCUT2D eigenvalue weighted by atomic mass is 10.0. The minimum absolute atomic E-state index is 0.263. The summed E-state index contributed by atoms with van der Waals surface area (Å²) in [7, 11) is 1.94. The van der Waals surface area contributed by atoms with Crippen molar-refractivity contribution in [3.63, 3.8) is 0 Å². The first-order valence-corrected chi connectivity index (χ1v) is 6.30. The maximum Gasteiger partial charge on any atom is 0.0542 e. The summed E-state index contributed by atoms with van der Waals surface area (Å²) in [5.41, 5.74) is 6.34. The van der Waals surface area contributed by atoms with Gasteiger partial charge in [0, 0.05) is 24.5 Å². The Hall–Kier alpha value is -1.77. The largest absolute Gasteiger partial charge is 0.378 e. The first-order valence-electron chi connectivity index (χ1n) is 6.30. The number of anilines is 1. The van der Waals surface area contributed by atoms with Crippen LogP contribution in [0.1, 0.15) is 35.2 Å². The van der Waals surface area contributed by atoms with Crippen molar-refractivity contribution in [2.75, 3.05) is 5.32 Å². The zero-order valence-electron chi connectivity index (χ0n) is 11.8. The van der Waals surface area contributed by atoms with Crippen LogP contribution in [-0.2, 0) is 7.05 Å².